The standard InChI is InChI=1S/C25H21ClF2N4O3/c1-14-3-2-4-22-31-21-12-15(11-19(23(21)32(14)22)20-13-17(33)9-10-29-20)24(34)30-16-5-7-18(8-6-16)35-25(26,27)28/h5-14H,2-4H2,1H3,(H,29,33)(H,30,34)/t14-/m1/s1. The average molecular weight is 499 g/mol. The van der Waals surface area contributed by atoms with Crippen LogP contribution in [0.5, 0.6) is 5.75 Å². The van der Waals surface area contributed by atoms with Crippen molar-refractivity contribution in [1.82, 2.24) is 14.5 Å². The second kappa shape index (κ2) is 8.81. The van der Waals surface area contributed by atoms with E-state index in [2.05, 4.69) is 26.5 Å². The largest absolute Gasteiger partial charge is 0.487 e. The maximum absolute atomic E-state index is 13.1. The Balaban J connectivity index is 1.54. The van der Waals surface area contributed by atoms with Crippen LogP contribution in [0.3, 0.4) is 0 Å². The van der Waals surface area contributed by atoms with Crippen molar-refractivity contribution in [3.63, 3.8) is 0 Å². The average Bonchev–Trinajstić information content (AvgIpc) is 3.18. The van der Waals surface area contributed by atoms with E-state index in [0.717, 1.165) is 30.6 Å². The van der Waals surface area contributed by atoms with E-state index < -0.39 is 11.5 Å². The van der Waals surface area contributed by atoms with Gasteiger partial charge in [0.05, 0.1) is 16.7 Å². The molecule has 0 bridgehead atoms. The number of hydrogen-bond acceptors (Lipinski definition) is 4. The second-order valence-electron chi connectivity index (χ2n) is 8.50. The van der Waals surface area contributed by atoms with Gasteiger partial charge in [-0.15, -0.1) is 8.78 Å². The number of benzene rings is 2. The van der Waals surface area contributed by atoms with Crippen LogP contribution in [0.2, 0.25) is 0 Å². The van der Waals surface area contributed by atoms with Gasteiger partial charge in [0.25, 0.3) is 5.91 Å². The molecule has 0 fully saturated rings. The molecular weight excluding hydrogens is 478 g/mol. The lowest BCUT2D eigenvalue weighted by atomic mass is 10.0. The van der Waals surface area contributed by atoms with Crippen LogP contribution in [0, 0.1) is 0 Å². The highest BCUT2D eigenvalue weighted by Crippen LogP contribution is 2.36. The summed E-state index contributed by atoms with van der Waals surface area (Å²) in [5, 5.41) is 2.75. The van der Waals surface area contributed by atoms with Crippen molar-refractivity contribution in [3.8, 4) is 17.0 Å². The van der Waals surface area contributed by atoms with E-state index in [9.17, 15) is 18.4 Å². The molecule has 1 aliphatic heterocycles. The van der Waals surface area contributed by atoms with Gasteiger partial charge in [0, 0.05) is 59.2 Å². The first-order chi connectivity index (χ1) is 16.7. The molecule has 7 nitrogen and oxygen atoms in total. The third-order valence-corrected chi connectivity index (χ3v) is 6.07. The molecule has 1 aliphatic rings. The first-order valence-electron chi connectivity index (χ1n) is 11.1. The summed E-state index contributed by atoms with van der Waals surface area (Å²) in [6.45, 7) is 2.13. The first-order valence-corrected chi connectivity index (χ1v) is 11.5. The zero-order chi connectivity index (χ0) is 24.7. The smallest absolute Gasteiger partial charge is 0.420 e. The van der Waals surface area contributed by atoms with Gasteiger partial charge in [-0.25, -0.2) is 4.98 Å². The fourth-order valence-electron chi connectivity index (χ4n) is 4.50. The van der Waals surface area contributed by atoms with E-state index in [1.807, 2.05) is 0 Å². The van der Waals surface area contributed by atoms with Gasteiger partial charge in [0.2, 0.25) is 0 Å². The number of rotatable bonds is 5. The summed E-state index contributed by atoms with van der Waals surface area (Å²) in [6, 6.07) is 12.0. The molecular formula is C25H21ClF2N4O3. The maximum atomic E-state index is 13.1. The van der Waals surface area contributed by atoms with Crippen LogP contribution >= 0.6 is 11.6 Å². The third-order valence-electron chi connectivity index (χ3n) is 5.99. The number of aromatic amines is 1. The summed E-state index contributed by atoms with van der Waals surface area (Å²) in [7, 11) is 0. The number of aryl methyl sites for hydroxylation is 1. The van der Waals surface area contributed by atoms with Gasteiger partial charge in [-0.05, 0) is 56.2 Å². The van der Waals surface area contributed by atoms with Gasteiger partial charge in [0.15, 0.2) is 5.43 Å². The van der Waals surface area contributed by atoms with Crippen molar-refractivity contribution in [2.75, 3.05) is 5.32 Å². The third kappa shape index (κ3) is 4.77. The number of nitrogens with zero attached hydrogens (tertiary/aromatic N) is 2. The van der Waals surface area contributed by atoms with Gasteiger partial charge < -0.3 is 19.6 Å². The van der Waals surface area contributed by atoms with Crippen molar-refractivity contribution in [2.45, 2.75) is 37.8 Å². The van der Waals surface area contributed by atoms with E-state index in [1.165, 1.54) is 36.4 Å². The number of amides is 1. The molecule has 10 heteroatoms. The normalized spacial score (nSPS) is 15.6. The van der Waals surface area contributed by atoms with Crippen molar-refractivity contribution in [1.29, 1.82) is 0 Å². The van der Waals surface area contributed by atoms with Gasteiger partial charge >= 0.3 is 5.57 Å². The Kier molecular flexibility index (Phi) is 5.80. The van der Waals surface area contributed by atoms with Gasteiger partial charge in [-0.3, -0.25) is 9.59 Å². The fourth-order valence-corrected chi connectivity index (χ4v) is 4.59. The van der Waals surface area contributed by atoms with Crippen LogP contribution in [0.25, 0.3) is 22.3 Å². The lowest BCUT2D eigenvalue weighted by Crippen LogP contribution is -2.16. The molecule has 0 radical (unpaired) electrons. The Labute approximate surface area is 203 Å². The minimum Gasteiger partial charge on any atom is -0.420 e. The first kappa shape index (κ1) is 23.0. The molecule has 1 amide bonds. The van der Waals surface area contributed by atoms with Crippen LogP contribution in [0.15, 0.2) is 59.5 Å². The Morgan fingerprint density at radius 3 is 2.71 bits per heavy atom. The molecule has 0 saturated heterocycles. The minimum absolute atomic E-state index is 0.141. The summed E-state index contributed by atoms with van der Waals surface area (Å²) in [6.07, 6.45) is 4.45. The van der Waals surface area contributed by atoms with Crippen LogP contribution in [0.4, 0.5) is 14.5 Å². The molecule has 4 aromatic rings. The highest BCUT2D eigenvalue weighted by Gasteiger charge is 2.27. The Morgan fingerprint density at radius 2 is 2.00 bits per heavy atom. The number of imidazole rings is 1. The van der Waals surface area contributed by atoms with Crippen molar-refractivity contribution in [3.05, 3.63) is 76.3 Å². The summed E-state index contributed by atoms with van der Waals surface area (Å²) in [4.78, 5) is 33.1. The quantitative estimate of drug-likeness (QED) is 0.345. The Morgan fingerprint density at radius 1 is 1.23 bits per heavy atom. The number of alkyl halides is 3. The van der Waals surface area contributed by atoms with E-state index in [0.29, 0.717) is 28.0 Å². The van der Waals surface area contributed by atoms with E-state index in [1.54, 1.807) is 18.3 Å². The van der Waals surface area contributed by atoms with Crippen molar-refractivity contribution < 1.29 is 18.3 Å². The molecule has 1 atom stereocenters. The molecule has 5 rings (SSSR count). The molecule has 0 saturated carbocycles. The molecule has 3 heterocycles. The number of pyridine rings is 1. The van der Waals surface area contributed by atoms with Crippen LogP contribution in [-0.4, -0.2) is 26.0 Å². The summed E-state index contributed by atoms with van der Waals surface area (Å²) in [5.41, 5.74) is -0.440. The second-order valence-corrected chi connectivity index (χ2v) is 8.94. The lowest BCUT2D eigenvalue weighted by molar-refractivity contribution is -0.0964. The van der Waals surface area contributed by atoms with Crippen molar-refractivity contribution >= 4 is 34.2 Å². The molecule has 2 aromatic heterocycles. The molecule has 180 valence electrons. The van der Waals surface area contributed by atoms with Crippen LogP contribution in [-0.2, 0) is 6.42 Å². The highest BCUT2D eigenvalue weighted by atomic mass is 35.5. The monoisotopic (exact) mass is 498 g/mol. The summed E-state index contributed by atoms with van der Waals surface area (Å²) >= 11 is 4.79. The van der Waals surface area contributed by atoms with E-state index >= 15 is 0 Å². The molecule has 0 spiro atoms. The topological polar surface area (TPSA) is 89.0 Å². The van der Waals surface area contributed by atoms with Gasteiger partial charge in [0.1, 0.15) is 11.6 Å². The predicted molar refractivity (Wildman–Crippen MR) is 129 cm³/mol. The maximum Gasteiger partial charge on any atom is 0.487 e. The van der Waals surface area contributed by atoms with Crippen molar-refractivity contribution in [2.24, 2.45) is 0 Å². The zero-order valence-electron chi connectivity index (χ0n) is 18.6. The Hall–Kier alpha value is -3.72. The molecule has 35 heavy (non-hydrogen) atoms. The predicted octanol–water partition coefficient (Wildman–Crippen LogP) is 5.71. The van der Waals surface area contributed by atoms with E-state index in [-0.39, 0.29) is 17.2 Å². The number of halogens is 3. The number of anilines is 1. The number of nitrogens with one attached hydrogen (secondary N) is 2. The molecule has 2 N–H and O–H groups in total. The van der Waals surface area contributed by atoms with Crippen LogP contribution < -0.4 is 15.5 Å². The SMILES string of the molecule is C[C@@H]1CCCc2nc3cc(C(=O)Nc4ccc(OC(F)(F)Cl)cc4)cc(-c4cc(=O)cc[nH]4)c3n21. The molecule has 2 aromatic carbocycles. The summed E-state index contributed by atoms with van der Waals surface area (Å²) in [5.74, 6) is 0.391. The number of hydrogen-bond donors (Lipinski definition) is 2. The Bertz CT molecular complexity index is 1480. The molecule has 0 unspecified atom stereocenters. The number of aromatic nitrogens is 3. The van der Waals surface area contributed by atoms with Gasteiger partial charge in [-0.1, -0.05) is 0 Å². The van der Waals surface area contributed by atoms with Crippen LogP contribution in [0.1, 0.15) is 42.0 Å². The lowest BCUT2D eigenvalue weighted by Gasteiger charge is -2.23. The number of carbonyl (C=O) groups is 1. The summed E-state index contributed by atoms with van der Waals surface area (Å²) < 4.78 is 32.1. The number of fused-ring (bicyclic) bond motifs is 3. The zero-order valence-corrected chi connectivity index (χ0v) is 19.4. The molecule has 0 aliphatic carbocycles. The highest BCUT2D eigenvalue weighted by molar-refractivity contribution is 6.20. The minimum atomic E-state index is -3.82. The van der Waals surface area contributed by atoms with E-state index in [4.69, 9.17) is 16.6 Å². The number of ether oxygens (including phenoxy) is 1. The number of H-pyrrole nitrogens is 1. The number of carbonyl (C=O) groups excluding carboxylic acids is 1. The fraction of sp³-hybridized carbons (Fsp3) is 0.240. The van der Waals surface area contributed by atoms with Gasteiger partial charge in [-0.2, -0.15) is 0 Å².